The van der Waals surface area contributed by atoms with E-state index in [-0.39, 0.29) is 42.0 Å². The van der Waals surface area contributed by atoms with Gasteiger partial charge in [0.15, 0.2) is 17.5 Å². The molecule has 84 heavy (non-hydrogen) atoms. The van der Waals surface area contributed by atoms with Crippen molar-refractivity contribution in [3.05, 3.63) is 132 Å². The number of aliphatic hydroxyl groups excluding tert-OH is 1. The molecule has 3 N–H and O–H groups in total. The van der Waals surface area contributed by atoms with Gasteiger partial charge in [-0.25, -0.2) is 19.2 Å². The van der Waals surface area contributed by atoms with E-state index in [0.717, 1.165) is 37.5 Å². The summed E-state index contributed by atoms with van der Waals surface area (Å²) in [5.74, 6) is -7.17. The van der Waals surface area contributed by atoms with Crippen LogP contribution in [0.15, 0.2) is 127 Å². The molecule has 18 nitrogen and oxygen atoms in total. The molecule has 11 atom stereocenters. The first kappa shape index (κ1) is 67.8. The quantitative estimate of drug-likeness (QED) is 0.0495. The fourth-order valence-corrected chi connectivity index (χ4v) is 11.4. The minimum atomic E-state index is -2.60. The number of benzene rings is 1. The number of allylic oxidation sites excluding steroid dienone is 12. The molecule has 0 aromatic heterocycles. The maximum Gasteiger partial charge on any atom is 0.410 e. The van der Waals surface area contributed by atoms with Crippen molar-refractivity contribution in [2.75, 3.05) is 20.7 Å². The summed E-state index contributed by atoms with van der Waals surface area (Å²) in [6.45, 7) is 13.0. The first-order valence-electron chi connectivity index (χ1n) is 28.5. The zero-order valence-corrected chi connectivity index (χ0v) is 50.1. The Balaban J connectivity index is 1.52. The third kappa shape index (κ3) is 16.4. The van der Waals surface area contributed by atoms with E-state index in [0.29, 0.717) is 12.8 Å². The van der Waals surface area contributed by atoms with E-state index in [1.165, 1.54) is 74.7 Å². The Labute approximate surface area is 491 Å². The maximum atomic E-state index is 15.9. The average Bonchev–Trinajstić information content (AvgIpc) is 0.678. The van der Waals surface area contributed by atoms with Gasteiger partial charge in [0.05, 0.1) is 29.6 Å². The first-order valence-corrected chi connectivity index (χ1v) is 28.5. The predicted molar refractivity (Wildman–Crippen MR) is 308 cm³/mol. The number of Topliss-reactive ketones (excluding diaryl/α,β-unsaturated/α-hetero) is 1. The lowest BCUT2D eigenvalue weighted by Crippen LogP contribution is -2.82. The SMILES string of the molecule is CC/C=C\C/C=C\C/C=C\C/C=C\C/C=C\C/C=C\CCC(=O)O[C@@H](C(=O)O[C@H]1C[C@@]2(O)[C@@H](OC(=O)c3ccccc3)[C@@H]3[C@]4(OC(C)=O)CO[C@@H]4C[C@H](O)[C@@]3(C)C(=O)[C@H](OC(=O)N(C)C)C(=C1C)C2(C)C)[C@H](C=C(F)F)NC(=O)OC(C)(C)C. The van der Waals surface area contributed by atoms with E-state index < -0.39 is 137 Å². The monoisotopic (exact) mass is 1170 g/mol. The summed E-state index contributed by atoms with van der Waals surface area (Å²) in [7, 11) is 2.69. The van der Waals surface area contributed by atoms with Crippen LogP contribution < -0.4 is 5.32 Å². The number of nitrogens with one attached hydrogen (secondary N) is 1. The molecule has 1 aromatic rings. The van der Waals surface area contributed by atoms with Crippen molar-refractivity contribution in [2.24, 2.45) is 16.7 Å². The second-order valence-electron chi connectivity index (χ2n) is 23.3. The number of rotatable bonds is 24. The molecule has 20 heteroatoms. The van der Waals surface area contributed by atoms with Crippen LogP contribution >= 0.6 is 0 Å². The summed E-state index contributed by atoms with van der Waals surface area (Å²) in [5.41, 5.74) is -9.92. The molecule has 5 rings (SSSR count). The number of nitrogens with zero attached hydrogens (tertiary/aromatic N) is 1. The van der Waals surface area contributed by atoms with E-state index in [1.807, 2.05) is 18.2 Å². The van der Waals surface area contributed by atoms with Crippen molar-refractivity contribution in [2.45, 2.75) is 186 Å². The molecule has 0 radical (unpaired) electrons. The number of alkyl carbamates (subject to hydrolysis) is 1. The van der Waals surface area contributed by atoms with Gasteiger partial charge in [0.2, 0.25) is 6.10 Å². The number of ketones is 1. The molecular formula is C64H84F2N2O16. The summed E-state index contributed by atoms with van der Waals surface area (Å²) in [5, 5.41) is 28.4. The van der Waals surface area contributed by atoms with E-state index in [9.17, 15) is 47.8 Å². The lowest BCUT2D eigenvalue weighted by Gasteiger charge is -2.67. The third-order valence-corrected chi connectivity index (χ3v) is 15.7. The molecule has 2 saturated carbocycles. The number of hydrogen-bond acceptors (Lipinski definition) is 16. The summed E-state index contributed by atoms with van der Waals surface area (Å²) in [4.78, 5) is 100. The Morgan fingerprint density at radius 1 is 0.845 bits per heavy atom. The number of ether oxygens (including phenoxy) is 7. The fourth-order valence-electron chi connectivity index (χ4n) is 11.4. The molecule has 2 amide bonds. The lowest BCUT2D eigenvalue weighted by atomic mass is 9.44. The van der Waals surface area contributed by atoms with Crippen LogP contribution in [0.3, 0.4) is 0 Å². The molecule has 3 fully saturated rings. The number of halogens is 2. The van der Waals surface area contributed by atoms with Crippen LogP contribution in [0, 0.1) is 16.7 Å². The maximum absolute atomic E-state index is 15.9. The van der Waals surface area contributed by atoms with Gasteiger partial charge in [-0.05, 0) is 103 Å². The number of amides is 2. The van der Waals surface area contributed by atoms with E-state index in [1.54, 1.807) is 30.4 Å². The number of hydrogen-bond donors (Lipinski definition) is 3. The molecule has 0 unspecified atom stereocenters. The summed E-state index contributed by atoms with van der Waals surface area (Å²) in [6, 6.07) is 5.45. The van der Waals surface area contributed by atoms with Gasteiger partial charge in [0.25, 0.3) is 6.08 Å². The molecule has 3 aliphatic carbocycles. The highest BCUT2D eigenvalue weighted by molar-refractivity contribution is 5.96. The highest BCUT2D eigenvalue weighted by Crippen LogP contribution is 2.64. The van der Waals surface area contributed by atoms with Gasteiger partial charge >= 0.3 is 36.1 Å². The van der Waals surface area contributed by atoms with Crippen molar-refractivity contribution in [1.29, 1.82) is 0 Å². The van der Waals surface area contributed by atoms with E-state index in [4.69, 9.17) is 33.2 Å². The Kier molecular flexibility index (Phi) is 23.9. The topological polar surface area (TPSA) is 240 Å². The highest BCUT2D eigenvalue weighted by atomic mass is 19.3. The number of aliphatic hydroxyl groups is 2. The van der Waals surface area contributed by atoms with Crippen LogP contribution in [0.5, 0.6) is 0 Å². The minimum absolute atomic E-state index is 0.0148. The van der Waals surface area contributed by atoms with Gasteiger partial charge < -0.3 is 53.6 Å². The highest BCUT2D eigenvalue weighted by Gasteiger charge is 2.78. The summed E-state index contributed by atoms with van der Waals surface area (Å²) in [6.07, 6.45) is 12.3. The van der Waals surface area contributed by atoms with E-state index in [2.05, 4.69) is 54.8 Å². The van der Waals surface area contributed by atoms with Gasteiger partial charge in [0, 0.05) is 51.8 Å². The molecule has 0 spiro atoms. The predicted octanol–water partition coefficient (Wildman–Crippen LogP) is 10.4. The van der Waals surface area contributed by atoms with Crippen LogP contribution in [0.2, 0.25) is 0 Å². The molecule has 1 aromatic carbocycles. The Hall–Kier alpha value is -7.03. The van der Waals surface area contributed by atoms with Crippen molar-refractivity contribution in [3.63, 3.8) is 0 Å². The van der Waals surface area contributed by atoms with E-state index >= 15 is 4.79 Å². The Morgan fingerprint density at radius 2 is 1.40 bits per heavy atom. The third-order valence-electron chi connectivity index (χ3n) is 15.7. The van der Waals surface area contributed by atoms with Gasteiger partial charge in [-0.15, -0.1) is 0 Å². The van der Waals surface area contributed by atoms with Crippen LogP contribution in [-0.2, 0) is 52.3 Å². The zero-order chi connectivity index (χ0) is 62.2. The van der Waals surface area contributed by atoms with Gasteiger partial charge in [0.1, 0.15) is 35.6 Å². The Morgan fingerprint density at radius 3 is 1.90 bits per heavy atom. The van der Waals surface area contributed by atoms with Gasteiger partial charge in [-0.2, -0.15) is 8.78 Å². The molecule has 4 aliphatic rings. The van der Waals surface area contributed by atoms with Crippen molar-refractivity contribution in [1.82, 2.24) is 10.2 Å². The minimum Gasteiger partial charge on any atom is -0.455 e. The number of esters is 4. The van der Waals surface area contributed by atoms with Crippen LogP contribution in [0.1, 0.15) is 137 Å². The van der Waals surface area contributed by atoms with Crippen molar-refractivity contribution in [3.8, 4) is 0 Å². The van der Waals surface area contributed by atoms with Crippen molar-refractivity contribution < 1.29 is 85.7 Å². The number of fused-ring (bicyclic) bond motifs is 5. The second kappa shape index (κ2) is 29.7. The average molecular weight is 1180 g/mol. The lowest BCUT2D eigenvalue weighted by molar-refractivity contribution is -0.345. The normalized spacial score (nSPS) is 27.3. The standard InChI is InChI=1S/C64H84F2N2O16/c1-12-13-14-15-16-17-18-19-20-21-22-23-24-25-26-27-28-29-33-36-49(71)80-51(44(37-48(65)66)67-58(75)84-60(4,5)6)57(74)79-45-39-64(77)55(82-56(73)43-34-31-30-32-35-43)53-62(9,46(70)38-47-63(53,40-78-47)83-42(3)69)54(72)52(81-59(76)68(10)11)50(41(45)2)61(64,7)8/h13-14,16-17,19-20,22-23,25-26,28-32,34-35,37,44-47,51-53,55,70,77H,12,15,18,21,24,27,33,36,38-40H2,1-11H3,(H,67,75)/b14-13-,17-16-,20-19-,23-22-,26-25-,29-28-/t44-,45-,46-,47+,51+,52+,53-,55-,62+,63-,64+/m0/s1. The summed E-state index contributed by atoms with van der Waals surface area (Å²) >= 11 is 0. The number of carbonyl (C=O) groups is 7. The number of carbonyl (C=O) groups excluding carboxylic acids is 7. The van der Waals surface area contributed by atoms with Crippen molar-refractivity contribution >= 4 is 41.8 Å². The molecule has 1 aliphatic heterocycles. The zero-order valence-electron chi connectivity index (χ0n) is 50.1. The summed E-state index contributed by atoms with van der Waals surface area (Å²) < 4.78 is 70.6. The second-order valence-corrected chi connectivity index (χ2v) is 23.3. The molecule has 1 heterocycles. The largest absolute Gasteiger partial charge is 0.455 e. The molecule has 460 valence electrons. The molecular weight excluding hydrogens is 1090 g/mol. The van der Waals surface area contributed by atoms with Gasteiger partial charge in [-0.1, -0.05) is 112 Å². The van der Waals surface area contributed by atoms with Crippen LogP contribution in [0.4, 0.5) is 18.4 Å². The van der Waals surface area contributed by atoms with Crippen LogP contribution in [-0.4, -0.2) is 137 Å². The van der Waals surface area contributed by atoms with Gasteiger partial charge in [-0.3, -0.25) is 14.4 Å². The molecule has 1 saturated heterocycles. The van der Waals surface area contributed by atoms with Crippen LogP contribution in [0.25, 0.3) is 0 Å². The first-order chi connectivity index (χ1) is 39.5. The Bertz CT molecular complexity index is 2770. The fraction of sp³-hybridized carbons (Fsp3) is 0.547. The molecule has 2 bridgehead atoms. The smallest absolute Gasteiger partial charge is 0.410 e.